The van der Waals surface area contributed by atoms with Gasteiger partial charge in [0.05, 0.1) is 5.56 Å². The number of amides is 1. The lowest BCUT2D eigenvalue weighted by atomic mass is 9.72. The van der Waals surface area contributed by atoms with Gasteiger partial charge in [0.25, 0.3) is 0 Å². The van der Waals surface area contributed by atoms with E-state index in [0.29, 0.717) is 16.5 Å². The molecule has 2 atom stereocenters. The Kier molecular flexibility index (Phi) is 4.65. The second kappa shape index (κ2) is 5.98. The van der Waals surface area contributed by atoms with Gasteiger partial charge in [-0.15, -0.1) is 22.9 Å². The average Bonchev–Trinajstić information content (AvgIpc) is 2.73. The van der Waals surface area contributed by atoms with Gasteiger partial charge < -0.3 is 5.32 Å². The Morgan fingerprint density at radius 3 is 2.71 bits per heavy atom. The second-order valence-electron chi connectivity index (χ2n) is 6.73. The Labute approximate surface area is 135 Å². The van der Waals surface area contributed by atoms with E-state index in [1.54, 1.807) is 6.92 Å². The fraction of sp³-hybridized carbons (Fsp3) is 0.625. The van der Waals surface area contributed by atoms with E-state index in [-0.39, 0.29) is 11.3 Å². The van der Waals surface area contributed by atoms with Crippen molar-refractivity contribution in [3.63, 3.8) is 0 Å². The first-order valence-electron chi connectivity index (χ1n) is 7.23. The van der Waals surface area contributed by atoms with Crippen LogP contribution in [0.3, 0.4) is 0 Å². The van der Waals surface area contributed by atoms with Gasteiger partial charge in [0.1, 0.15) is 16.4 Å². The molecule has 0 fully saturated rings. The van der Waals surface area contributed by atoms with Crippen LogP contribution in [0.5, 0.6) is 0 Å². The monoisotopic (exact) mass is 324 g/mol. The molecule has 1 heterocycles. The van der Waals surface area contributed by atoms with E-state index < -0.39 is 5.38 Å². The first-order chi connectivity index (χ1) is 9.74. The molecule has 1 aromatic rings. The maximum absolute atomic E-state index is 11.8. The topological polar surface area (TPSA) is 52.9 Å². The molecule has 0 spiro atoms. The van der Waals surface area contributed by atoms with Gasteiger partial charge in [0, 0.05) is 4.88 Å². The van der Waals surface area contributed by atoms with E-state index in [2.05, 4.69) is 32.2 Å². The second-order valence-corrected chi connectivity index (χ2v) is 8.49. The number of fused-ring (bicyclic) bond motifs is 1. The van der Waals surface area contributed by atoms with Crippen molar-refractivity contribution in [1.29, 1.82) is 5.26 Å². The van der Waals surface area contributed by atoms with Crippen LogP contribution in [0.15, 0.2) is 0 Å². The van der Waals surface area contributed by atoms with Gasteiger partial charge in [-0.3, -0.25) is 4.79 Å². The van der Waals surface area contributed by atoms with Crippen molar-refractivity contribution < 1.29 is 4.79 Å². The number of halogens is 1. The molecule has 1 N–H and O–H groups in total. The zero-order valence-electron chi connectivity index (χ0n) is 12.9. The predicted octanol–water partition coefficient (Wildman–Crippen LogP) is 4.34. The molecule has 0 aliphatic heterocycles. The lowest BCUT2D eigenvalue weighted by Crippen LogP contribution is -2.26. The van der Waals surface area contributed by atoms with Crippen LogP contribution in [-0.4, -0.2) is 11.3 Å². The van der Waals surface area contributed by atoms with E-state index in [0.717, 1.165) is 24.8 Å². The molecule has 0 unspecified atom stereocenters. The molecule has 0 aromatic carbocycles. The van der Waals surface area contributed by atoms with Crippen LogP contribution in [0.4, 0.5) is 5.00 Å². The molecule has 1 aliphatic carbocycles. The van der Waals surface area contributed by atoms with E-state index in [4.69, 9.17) is 11.6 Å². The molecule has 114 valence electrons. The van der Waals surface area contributed by atoms with Gasteiger partial charge in [-0.2, -0.15) is 5.26 Å². The molecule has 0 bridgehead atoms. The number of thiophene rings is 1. The van der Waals surface area contributed by atoms with Crippen molar-refractivity contribution >= 4 is 33.8 Å². The SMILES string of the molecule is C[C@@H](Cl)C(=O)Nc1sc2c(c1C#N)CC[C@@H](C(C)(C)C)C2. The summed E-state index contributed by atoms with van der Waals surface area (Å²) in [6.07, 6.45) is 3.01. The summed E-state index contributed by atoms with van der Waals surface area (Å²) in [7, 11) is 0. The largest absolute Gasteiger partial charge is 0.315 e. The number of anilines is 1. The van der Waals surface area contributed by atoms with Crippen molar-refractivity contribution in [2.75, 3.05) is 5.32 Å². The standard InChI is InChI=1S/C16H21ClN2OS/c1-9(17)14(20)19-15-12(8-18)11-6-5-10(16(2,3)4)7-13(11)21-15/h9-10H,5-7H2,1-4H3,(H,19,20)/t9-,10-/m1/s1. The summed E-state index contributed by atoms with van der Waals surface area (Å²) in [6.45, 7) is 8.42. The number of rotatable bonds is 2. The highest BCUT2D eigenvalue weighted by Gasteiger charge is 2.32. The van der Waals surface area contributed by atoms with Crippen molar-refractivity contribution in [1.82, 2.24) is 0 Å². The van der Waals surface area contributed by atoms with Gasteiger partial charge in [0.15, 0.2) is 0 Å². The number of nitrogens with one attached hydrogen (secondary N) is 1. The highest BCUT2D eigenvalue weighted by molar-refractivity contribution is 7.16. The van der Waals surface area contributed by atoms with Crippen LogP contribution in [0.2, 0.25) is 0 Å². The molecular weight excluding hydrogens is 304 g/mol. The average molecular weight is 325 g/mol. The van der Waals surface area contributed by atoms with E-state index in [1.165, 1.54) is 16.2 Å². The van der Waals surface area contributed by atoms with Gasteiger partial charge in [-0.1, -0.05) is 20.8 Å². The lowest BCUT2D eigenvalue weighted by molar-refractivity contribution is -0.115. The van der Waals surface area contributed by atoms with Crippen LogP contribution in [0.1, 0.15) is 50.1 Å². The maximum atomic E-state index is 11.8. The quantitative estimate of drug-likeness (QED) is 0.823. The first kappa shape index (κ1) is 16.3. The Morgan fingerprint density at radius 1 is 1.52 bits per heavy atom. The number of carbonyl (C=O) groups is 1. The first-order valence-corrected chi connectivity index (χ1v) is 8.49. The van der Waals surface area contributed by atoms with Gasteiger partial charge in [-0.25, -0.2) is 0 Å². The number of hydrogen-bond acceptors (Lipinski definition) is 3. The zero-order valence-corrected chi connectivity index (χ0v) is 14.5. The third-order valence-electron chi connectivity index (χ3n) is 4.20. The summed E-state index contributed by atoms with van der Waals surface area (Å²) in [5.74, 6) is 0.366. The van der Waals surface area contributed by atoms with E-state index >= 15 is 0 Å². The Hall–Kier alpha value is -1.05. The highest BCUT2D eigenvalue weighted by Crippen LogP contribution is 2.43. The summed E-state index contributed by atoms with van der Waals surface area (Å²) in [6, 6.07) is 2.25. The minimum absolute atomic E-state index is 0.251. The van der Waals surface area contributed by atoms with Crippen molar-refractivity contribution in [3.05, 3.63) is 16.0 Å². The van der Waals surface area contributed by atoms with Crippen molar-refractivity contribution in [2.45, 2.75) is 52.3 Å². The third-order valence-corrected chi connectivity index (χ3v) is 5.57. The van der Waals surface area contributed by atoms with Crippen molar-refractivity contribution in [2.24, 2.45) is 11.3 Å². The molecule has 21 heavy (non-hydrogen) atoms. The normalized spacial score (nSPS) is 19.5. The third kappa shape index (κ3) is 3.41. The molecule has 3 nitrogen and oxygen atoms in total. The van der Waals surface area contributed by atoms with Gasteiger partial charge in [-0.05, 0) is 43.1 Å². The molecule has 1 amide bonds. The maximum Gasteiger partial charge on any atom is 0.242 e. The molecule has 0 radical (unpaired) electrons. The van der Waals surface area contributed by atoms with Crippen LogP contribution >= 0.6 is 22.9 Å². The molecule has 0 saturated carbocycles. The Morgan fingerprint density at radius 2 is 2.19 bits per heavy atom. The summed E-state index contributed by atoms with van der Waals surface area (Å²) in [5.41, 5.74) is 2.02. The molecule has 5 heteroatoms. The number of hydrogen-bond donors (Lipinski definition) is 1. The summed E-state index contributed by atoms with van der Waals surface area (Å²) < 4.78 is 0. The van der Waals surface area contributed by atoms with Crippen molar-refractivity contribution in [3.8, 4) is 6.07 Å². The molecule has 1 aliphatic rings. The molecular formula is C16H21ClN2OS. The fourth-order valence-electron chi connectivity index (χ4n) is 2.74. The number of nitriles is 1. The van der Waals surface area contributed by atoms with Crippen LogP contribution in [-0.2, 0) is 17.6 Å². The van der Waals surface area contributed by atoms with Crippen LogP contribution < -0.4 is 5.32 Å². The summed E-state index contributed by atoms with van der Waals surface area (Å²) in [5, 5.41) is 12.3. The van der Waals surface area contributed by atoms with Gasteiger partial charge >= 0.3 is 0 Å². The zero-order chi connectivity index (χ0) is 15.8. The number of alkyl halides is 1. The number of nitrogens with zero attached hydrogens (tertiary/aromatic N) is 1. The van der Waals surface area contributed by atoms with E-state index in [9.17, 15) is 10.1 Å². The molecule has 2 rings (SSSR count). The van der Waals surface area contributed by atoms with Crippen LogP contribution in [0.25, 0.3) is 0 Å². The number of carbonyl (C=O) groups excluding carboxylic acids is 1. The Bertz CT molecular complexity index is 593. The predicted molar refractivity (Wildman–Crippen MR) is 87.9 cm³/mol. The van der Waals surface area contributed by atoms with E-state index in [1.807, 2.05) is 0 Å². The molecule has 1 aromatic heterocycles. The molecule has 0 saturated heterocycles. The lowest BCUT2D eigenvalue weighted by Gasteiger charge is -2.33. The van der Waals surface area contributed by atoms with Crippen LogP contribution in [0, 0.1) is 22.7 Å². The smallest absolute Gasteiger partial charge is 0.242 e. The highest BCUT2D eigenvalue weighted by atomic mass is 35.5. The minimum atomic E-state index is -0.599. The fourth-order valence-corrected chi connectivity index (χ4v) is 4.08. The Balaban J connectivity index is 2.30. The summed E-state index contributed by atoms with van der Waals surface area (Å²) >= 11 is 7.33. The minimum Gasteiger partial charge on any atom is -0.315 e. The van der Waals surface area contributed by atoms with Gasteiger partial charge in [0.2, 0.25) is 5.91 Å². The summed E-state index contributed by atoms with van der Waals surface area (Å²) in [4.78, 5) is 13.0.